The van der Waals surface area contributed by atoms with Crippen molar-refractivity contribution in [1.82, 2.24) is 0 Å². The molecule has 0 aliphatic carbocycles. The second-order valence-corrected chi connectivity index (χ2v) is 6.03. The van der Waals surface area contributed by atoms with E-state index in [0.717, 1.165) is 16.8 Å². The fraction of sp³-hybridized carbons (Fsp3) is 0.316. The Morgan fingerprint density at radius 3 is 2.38 bits per heavy atom. The molecule has 0 spiro atoms. The number of aryl methyl sites for hydroxylation is 3. The van der Waals surface area contributed by atoms with Crippen molar-refractivity contribution in [2.75, 3.05) is 30.4 Å². The predicted molar refractivity (Wildman–Crippen MR) is 95.2 cm³/mol. The van der Waals surface area contributed by atoms with Crippen molar-refractivity contribution in [1.29, 1.82) is 0 Å². The van der Waals surface area contributed by atoms with Crippen molar-refractivity contribution in [2.24, 2.45) is 0 Å². The third-order valence-corrected chi connectivity index (χ3v) is 3.93. The summed E-state index contributed by atoms with van der Waals surface area (Å²) in [6.07, 6.45) is 0. The summed E-state index contributed by atoms with van der Waals surface area (Å²) in [7, 11) is 0. The van der Waals surface area contributed by atoms with Gasteiger partial charge in [-0.15, -0.1) is 0 Å². The fourth-order valence-corrected chi connectivity index (χ4v) is 2.95. The van der Waals surface area contributed by atoms with Crippen molar-refractivity contribution < 1.29 is 14.3 Å². The first-order valence-electron chi connectivity index (χ1n) is 8.04. The molecule has 0 fully saturated rings. The molecule has 1 aliphatic heterocycles. The molecule has 0 radical (unpaired) electrons. The summed E-state index contributed by atoms with van der Waals surface area (Å²) < 4.78 is 11.0. The van der Waals surface area contributed by atoms with Gasteiger partial charge in [-0.2, -0.15) is 0 Å². The zero-order valence-electron chi connectivity index (χ0n) is 14.2. The molecule has 0 aromatic heterocycles. The highest BCUT2D eigenvalue weighted by atomic mass is 16.6. The number of carbonyl (C=O) groups is 1. The maximum atomic E-state index is 12.2. The Hall–Kier alpha value is -2.69. The molecule has 0 saturated carbocycles. The minimum absolute atomic E-state index is 0.106. The van der Waals surface area contributed by atoms with Gasteiger partial charge in [0.25, 0.3) is 0 Å². The van der Waals surface area contributed by atoms with Gasteiger partial charge in [-0.3, -0.25) is 4.79 Å². The molecule has 0 unspecified atom stereocenters. The van der Waals surface area contributed by atoms with E-state index in [1.54, 1.807) is 6.07 Å². The summed E-state index contributed by atoms with van der Waals surface area (Å²) >= 11 is 0. The van der Waals surface area contributed by atoms with Crippen molar-refractivity contribution in [3.63, 3.8) is 0 Å². The van der Waals surface area contributed by atoms with Crippen LogP contribution < -0.4 is 20.1 Å². The molecule has 126 valence electrons. The molecular formula is C19H22N2O3. The molecule has 0 saturated heterocycles. The number of fused-ring (bicyclic) bond motifs is 1. The Kier molecular flexibility index (Phi) is 4.60. The van der Waals surface area contributed by atoms with E-state index in [9.17, 15) is 4.79 Å². The van der Waals surface area contributed by atoms with E-state index in [2.05, 4.69) is 29.7 Å². The van der Waals surface area contributed by atoms with Crippen LogP contribution in [0, 0.1) is 20.8 Å². The molecule has 3 rings (SSSR count). The Bertz CT molecular complexity index is 748. The number of nitrogens with one attached hydrogen (secondary N) is 2. The van der Waals surface area contributed by atoms with Gasteiger partial charge in [0.1, 0.15) is 13.2 Å². The lowest BCUT2D eigenvalue weighted by atomic mass is 10.1. The lowest BCUT2D eigenvalue weighted by Crippen LogP contribution is -2.22. The third kappa shape index (κ3) is 3.62. The fourth-order valence-electron chi connectivity index (χ4n) is 2.95. The van der Waals surface area contributed by atoms with Crippen LogP contribution in [0.2, 0.25) is 0 Å². The highest BCUT2D eigenvalue weighted by Crippen LogP contribution is 2.32. The predicted octanol–water partition coefficient (Wildman–Crippen LogP) is 3.43. The zero-order valence-corrected chi connectivity index (χ0v) is 14.2. The molecule has 2 aromatic carbocycles. The molecule has 5 nitrogen and oxygen atoms in total. The van der Waals surface area contributed by atoms with E-state index in [4.69, 9.17) is 9.47 Å². The van der Waals surface area contributed by atoms with Crippen LogP contribution in [0.4, 0.5) is 11.4 Å². The van der Waals surface area contributed by atoms with E-state index >= 15 is 0 Å². The average molecular weight is 326 g/mol. The first-order chi connectivity index (χ1) is 11.5. The summed E-state index contributed by atoms with van der Waals surface area (Å²) in [5.41, 5.74) is 5.21. The maximum Gasteiger partial charge on any atom is 0.243 e. The molecular weight excluding hydrogens is 304 g/mol. The quantitative estimate of drug-likeness (QED) is 0.904. The lowest BCUT2D eigenvalue weighted by molar-refractivity contribution is -0.114. The van der Waals surface area contributed by atoms with Gasteiger partial charge in [0.2, 0.25) is 5.91 Å². The van der Waals surface area contributed by atoms with Gasteiger partial charge in [0.15, 0.2) is 11.5 Å². The topological polar surface area (TPSA) is 59.6 Å². The number of amides is 1. The van der Waals surface area contributed by atoms with Gasteiger partial charge in [0.05, 0.1) is 6.54 Å². The van der Waals surface area contributed by atoms with Crippen LogP contribution in [0.3, 0.4) is 0 Å². The van der Waals surface area contributed by atoms with Crippen LogP contribution in [0.1, 0.15) is 16.7 Å². The molecule has 1 amide bonds. The molecule has 0 atom stereocenters. The van der Waals surface area contributed by atoms with Crippen molar-refractivity contribution in [2.45, 2.75) is 20.8 Å². The number of rotatable bonds is 4. The molecule has 1 aliphatic rings. The van der Waals surface area contributed by atoms with E-state index in [0.29, 0.717) is 30.4 Å². The highest BCUT2D eigenvalue weighted by Gasteiger charge is 2.13. The van der Waals surface area contributed by atoms with Gasteiger partial charge in [-0.1, -0.05) is 17.7 Å². The smallest absolute Gasteiger partial charge is 0.243 e. The molecule has 0 bridgehead atoms. The lowest BCUT2D eigenvalue weighted by Gasteiger charge is -2.19. The Labute approximate surface area is 142 Å². The van der Waals surface area contributed by atoms with Crippen LogP contribution in [-0.4, -0.2) is 25.7 Å². The first kappa shape index (κ1) is 16.2. The normalized spacial score (nSPS) is 12.6. The van der Waals surface area contributed by atoms with Crippen LogP contribution in [0.25, 0.3) is 0 Å². The molecule has 2 aromatic rings. The van der Waals surface area contributed by atoms with Gasteiger partial charge in [0, 0.05) is 17.4 Å². The van der Waals surface area contributed by atoms with Crippen LogP contribution in [0.15, 0.2) is 30.3 Å². The third-order valence-electron chi connectivity index (χ3n) is 3.93. The monoisotopic (exact) mass is 326 g/mol. The van der Waals surface area contributed by atoms with Crippen LogP contribution >= 0.6 is 0 Å². The van der Waals surface area contributed by atoms with Crippen LogP contribution in [0.5, 0.6) is 11.5 Å². The second kappa shape index (κ2) is 6.83. The van der Waals surface area contributed by atoms with Gasteiger partial charge in [-0.05, 0) is 44.0 Å². The first-order valence-corrected chi connectivity index (χ1v) is 8.04. The summed E-state index contributed by atoms with van der Waals surface area (Å²) in [5.74, 6) is 1.27. The Morgan fingerprint density at radius 2 is 1.67 bits per heavy atom. The van der Waals surface area contributed by atoms with Gasteiger partial charge >= 0.3 is 0 Å². The number of hydrogen-bond acceptors (Lipinski definition) is 4. The highest BCUT2D eigenvalue weighted by molar-refractivity contribution is 5.94. The minimum Gasteiger partial charge on any atom is -0.486 e. The van der Waals surface area contributed by atoms with Crippen LogP contribution in [-0.2, 0) is 4.79 Å². The Balaban J connectivity index is 1.62. The number of benzene rings is 2. The van der Waals surface area contributed by atoms with E-state index in [-0.39, 0.29) is 12.5 Å². The number of hydrogen-bond donors (Lipinski definition) is 2. The van der Waals surface area contributed by atoms with Crippen molar-refractivity contribution in [3.05, 3.63) is 47.0 Å². The summed E-state index contributed by atoms with van der Waals surface area (Å²) in [6, 6.07) is 9.62. The molecule has 24 heavy (non-hydrogen) atoms. The molecule has 2 N–H and O–H groups in total. The van der Waals surface area contributed by atoms with Gasteiger partial charge in [-0.25, -0.2) is 0 Å². The van der Waals surface area contributed by atoms with E-state index < -0.39 is 0 Å². The molecule has 1 heterocycles. The summed E-state index contributed by atoms with van der Waals surface area (Å²) in [5, 5.41) is 6.10. The standard InChI is InChI=1S/C19H22N2O3/c1-12-8-13(2)19(14(3)9-12)20-11-18(22)21-15-4-5-16-17(10-15)24-7-6-23-16/h4-5,8-10,20H,6-7,11H2,1-3H3,(H,21,22). The van der Waals surface area contributed by atoms with Gasteiger partial charge < -0.3 is 20.1 Å². The zero-order chi connectivity index (χ0) is 17.1. The average Bonchev–Trinajstić information content (AvgIpc) is 2.53. The minimum atomic E-state index is -0.106. The summed E-state index contributed by atoms with van der Waals surface area (Å²) in [4.78, 5) is 12.2. The number of carbonyl (C=O) groups excluding carboxylic acids is 1. The largest absolute Gasteiger partial charge is 0.486 e. The maximum absolute atomic E-state index is 12.2. The molecule has 5 heteroatoms. The number of anilines is 2. The number of ether oxygens (including phenoxy) is 2. The van der Waals surface area contributed by atoms with E-state index in [1.165, 1.54) is 5.56 Å². The summed E-state index contributed by atoms with van der Waals surface area (Å²) in [6.45, 7) is 7.44. The Morgan fingerprint density at radius 1 is 1.00 bits per heavy atom. The van der Waals surface area contributed by atoms with Crippen molar-refractivity contribution in [3.8, 4) is 11.5 Å². The second-order valence-electron chi connectivity index (χ2n) is 6.03. The van der Waals surface area contributed by atoms with E-state index in [1.807, 2.05) is 26.0 Å². The van der Waals surface area contributed by atoms with Crippen molar-refractivity contribution >= 4 is 17.3 Å². The SMILES string of the molecule is Cc1cc(C)c(NCC(=O)Nc2ccc3c(c2)OCCO3)c(C)c1.